The van der Waals surface area contributed by atoms with Gasteiger partial charge in [-0.15, -0.1) is 0 Å². The van der Waals surface area contributed by atoms with Crippen LogP contribution in [0, 0.1) is 0 Å². The van der Waals surface area contributed by atoms with E-state index in [9.17, 15) is 9.59 Å². The van der Waals surface area contributed by atoms with Gasteiger partial charge in [-0.3, -0.25) is 14.6 Å². The zero-order chi connectivity index (χ0) is 21.8. The van der Waals surface area contributed by atoms with Gasteiger partial charge >= 0.3 is 0 Å². The topological polar surface area (TPSA) is 61.8 Å². The van der Waals surface area contributed by atoms with Gasteiger partial charge in [0, 0.05) is 30.0 Å². The highest BCUT2D eigenvalue weighted by atomic mass is 35.5. The van der Waals surface area contributed by atoms with E-state index < -0.39 is 0 Å². The molecule has 0 bridgehead atoms. The van der Waals surface area contributed by atoms with E-state index in [1.54, 1.807) is 12.1 Å². The molecule has 2 aromatic rings. The third-order valence-corrected chi connectivity index (χ3v) is 6.31. The maximum atomic E-state index is 12.4. The number of rotatable bonds is 6. The molecular formula is C24H24ClN3O2S. The monoisotopic (exact) mass is 453 g/mol. The molecule has 2 unspecified atom stereocenters. The predicted molar refractivity (Wildman–Crippen MR) is 127 cm³/mol. The van der Waals surface area contributed by atoms with E-state index in [-0.39, 0.29) is 23.9 Å². The summed E-state index contributed by atoms with van der Waals surface area (Å²) in [6, 6.07) is 16.7. The Bertz CT molecular complexity index is 1010. The second-order valence-electron chi connectivity index (χ2n) is 7.90. The number of amides is 2. The Hall–Kier alpha value is -2.57. The summed E-state index contributed by atoms with van der Waals surface area (Å²) < 4.78 is 0. The van der Waals surface area contributed by atoms with Crippen LogP contribution < -0.4 is 5.32 Å². The number of hydrogen-bond donors (Lipinski definition) is 1. The molecule has 2 atom stereocenters. The lowest BCUT2D eigenvalue weighted by molar-refractivity contribution is -0.128. The minimum atomic E-state index is -0.192. The Morgan fingerprint density at radius 2 is 1.90 bits per heavy atom. The van der Waals surface area contributed by atoms with Gasteiger partial charge in [-0.05, 0) is 49.1 Å². The van der Waals surface area contributed by atoms with Crippen molar-refractivity contribution in [3.63, 3.8) is 0 Å². The number of likely N-dealkylation sites (tertiary alicyclic amines) is 1. The van der Waals surface area contributed by atoms with Gasteiger partial charge in [0.15, 0.2) is 0 Å². The van der Waals surface area contributed by atoms with Crippen molar-refractivity contribution in [1.29, 1.82) is 0 Å². The van der Waals surface area contributed by atoms with Crippen LogP contribution in [0.15, 0.2) is 59.6 Å². The van der Waals surface area contributed by atoms with Gasteiger partial charge in [-0.25, -0.2) is 0 Å². The first kappa shape index (κ1) is 21.7. The van der Waals surface area contributed by atoms with E-state index in [1.165, 1.54) is 0 Å². The highest BCUT2D eigenvalue weighted by Crippen LogP contribution is 2.29. The molecule has 0 spiro atoms. The fraction of sp³-hybridized carbons (Fsp3) is 0.333. The van der Waals surface area contributed by atoms with Crippen molar-refractivity contribution in [3.8, 4) is 0 Å². The largest absolute Gasteiger partial charge is 0.334 e. The van der Waals surface area contributed by atoms with Crippen molar-refractivity contribution < 1.29 is 9.59 Å². The number of nitrogens with one attached hydrogen (secondary N) is 1. The first-order valence-electron chi connectivity index (χ1n) is 10.5. The molecule has 2 aliphatic rings. The second kappa shape index (κ2) is 9.71. The van der Waals surface area contributed by atoms with Crippen molar-refractivity contribution >= 4 is 46.3 Å². The molecule has 160 valence electrons. The van der Waals surface area contributed by atoms with Crippen molar-refractivity contribution in [2.45, 2.75) is 44.2 Å². The van der Waals surface area contributed by atoms with Crippen LogP contribution in [-0.2, 0) is 4.79 Å². The Kier molecular flexibility index (Phi) is 6.78. The van der Waals surface area contributed by atoms with Gasteiger partial charge in [0.05, 0.1) is 22.8 Å². The maximum absolute atomic E-state index is 12.4. The van der Waals surface area contributed by atoms with Crippen LogP contribution in [-0.4, -0.2) is 46.0 Å². The lowest BCUT2D eigenvalue weighted by atomic mass is 9.99. The minimum Gasteiger partial charge on any atom is -0.334 e. The van der Waals surface area contributed by atoms with Crippen LogP contribution >= 0.6 is 23.8 Å². The number of halogens is 1. The Morgan fingerprint density at radius 1 is 1.16 bits per heavy atom. The van der Waals surface area contributed by atoms with E-state index >= 15 is 0 Å². The van der Waals surface area contributed by atoms with Crippen LogP contribution in [0.4, 0.5) is 0 Å². The number of nitrogens with zero attached hydrogens (tertiary/aromatic N) is 2. The van der Waals surface area contributed by atoms with Gasteiger partial charge < -0.3 is 10.2 Å². The maximum Gasteiger partial charge on any atom is 0.256 e. The Balaban J connectivity index is 1.42. The summed E-state index contributed by atoms with van der Waals surface area (Å²) >= 11 is 11.4. The highest BCUT2D eigenvalue weighted by molar-refractivity contribution is 7.80. The van der Waals surface area contributed by atoms with Crippen LogP contribution in [0.5, 0.6) is 0 Å². The number of thiocarbonyl (C=S) groups is 1. The molecule has 2 aromatic carbocycles. The summed E-state index contributed by atoms with van der Waals surface area (Å²) in [6.45, 7) is 0.772. The number of hydrogen-bond acceptors (Lipinski definition) is 4. The van der Waals surface area contributed by atoms with Gasteiger partial charge in [0.2, 0.25) is 5.91 Å². The number of carbonyl (C=O) groups is 2. The van der Waals surface area contributed by atoms with E-state index in [4.69, 9.17) is 28.8 Å². The third kappa shape index (κ3) is 5.20. The summed E-state index contributed by atoms with van der Waals surface area (Å²) in [6.07, 6.45) is 3.56. The van der Waals surface area contributed by atoms with Crippen LogP contribution in [0.3, 0.4) is 0 Å². The molecular weight excluding hydrogens is 430 g/mol. The molecule has 2 aliphatic heterocycles. The molecule has 31 heavy (non-hydrogen) atoms. The molecule has 5 nitrogen and oxygen atoms in total. The fourth-order valence-electron chi connectivity index (χ4n) is 4.20. The zero-order valence-corrected chi connectivity index (χ0v) is 18.7. The number of aliphatic imine (C=N–C) groups is 1. The lowest BCUT2D eigenvalue weighted by Gasteiger charge is -2.26. The summed E-state index contributed by atoms with van der Waals surface area (Å²) in [7, 11) is 0. The first-order valence-corrected chi connectivity index (χ1v) is 11.3. The van der Waals surface area contributed by atoms with Crippen molar-refractivity contribution in [1.82, 2.24) is 10.2 Å². The molecule has 1 fully saturated rings. The summed E-state index contributed by atoms with van der Waals surface area (Å²) in [5.74, 6) is 0.000810. The molecule has 0 saturated carbocycles. The van der Waals surface area contributed by atoms with E-state index in [1.807, 2.05) is 47.4 Å². The average Bonchev–Trinajstić information content (AvgIpc) is 3.39. The molecule has 7 heteroatoms. The van der Waals surface area contributed by atoms with Crippen LogP contribution in [0.25, 0.3) is 0 Å². The number of benzene rings is 2. The smallest absolute Gasteiger partial charge is 0.256 e. The lowest BCUT2D eigenvalue weighted by Crippen LogP contribution is -2.40. The van der Waals surface area contributed by atoms with Crippen LogP contribution in [0.1, 0.15) is 48.0 Å². The number of carbonyl (C=O) groups excluding carboxylic acids is 2. The van der Waals surface area contributed by atoms with Crippen LogP contribution in [0.2, 0.25) is 5.02 Å². The molecule has 1 saturated heterocycles. The highest BCUT2D eigenvalue weighted by Gasteiger charge is 2.37. The first-order chi connectivity index (χ1) is 15.0. The molecule has 1 N–H and O–H groups in total. The van der Waals surface area contributed by atoms with Gasteiger partial charge in [0.25, 0.3) is 5.91 Å². The SMILES string of the molecule is O=C(NC(=S)CCC1CC(N2CCCC2=O)C(c2ccc(Cl)cc2)=N1)c1ccccc1. The van der Waals surface area contributed by atoms with Crippen molar-refractivity contribution in [2.24, 2.45) is 4.99 Å². The van der Waals surface area contributed by atoms with Crippen molar-refractivity contribution in [2.75, 3.05) is 6.54 Å². The zero-order valence-electron chi connectivity index (χ0n) is 17.1. The predicted octanol–water partition coefficient (Wildman–Crippen LogP) is 4.43. The third-order valence-electron chi connectivity index (χ3n) is 5.75. The van der Waals surface area contributed by atoms with E-state index in [2.05, 4.69) is 5.32 Å². The molecule has 0 radical (unpaired) electrons. The normalized spacial score (nSPS) is 20.6. The average molecular weight is 454 g/mol. The summed E-state index contributed by atoms with van der Waals surface area (Å²) in [4.78, 5) is 32.1. The van der Waals surface area contributed by atoms with Gasteiger partial charge in [-0.2, -0.15) is 0 Å². The molecule has 0 aliphatic carbocycles. The standard InChI is InChI=1S/C24H24ClN3O2S/c25-18-10-8-16(9-11-18)23-20(28-14-4-7-22(28)29)15-19(26-23)12-13-21(31)27-24(30)17-5-2-1-3-6-17/h1-3,5-6,8-11,19-20H,4,7,12-15H2,(H,27,30,31). The summed E-state index contributed by atoms with van der Waals surface area (Å²) in [5, 5.41) is 3.48. The molecule has 2 heterocycles. The van der Waals surface area contributed by atoms with Gasteiger partial charge in [-0.1, -0.05) is 54.2 Å². The molecule has 2 amide bonds. The summed E-state index contributed by atoms with van der Waals surface area (Å²) in [5.41, 5.74) is 2.52. The van der Waals surface area contributed by atoms with Crippen molar-refractivity contribution in [3.05, 3.63) is 70.7 Å². The second-order valence-corrected chi connectivity index (χ2v) is 8.83. The van der Waals surface area contributed by atoms with E-state index in [0.717, 1.165) is 37.1 Å². The quantitative estimate of drug-likeness (QED) is 0.658. The Morgan fingerprint density at radius 3 is 2.58 bits per heavy atom. The van der Waals surface area contributed by atoms with Gasteiger partial charge in [0.1, 0.15) is 0 Å². The Labute approximate surface area is 192 Å². The van der Waals surface area contributed by atoms with E-state index in [0.29, 0.717) is 28.4 Å². The fourth-order valence-corrected chi connectivity index (χ4v) is 4.53. The minimum absolute atomic E-state index is 0.0198. The molecule has 4 rings (SSSR count). The molecule has 0 aromatic heterocycles.